The quantitative estimate of drug-likeness (QED) is 0.168. The maximum Gasteiger partial charge on any atom is 0.264 e. The summed E-state index contributed by atoms with van der Waals surface area (Å²) < 4.78 is 35.0. The van der Waals surface area contributed by atoms with E-state index in [1.165, 1.54) is 17.0 Å². The number of aryl methyl sites for hydroxylation is 1. The molecular formula is C35H39N3O5S. The predicted octanol–water partition coefficient (Wildman–Crippen LogP) is 6.32. The van der Waals surface area contributed by atoms with E-state index in [2.05, 4.69) is 5.32 Å². The average Bonchev–Trinajstić information content (AvgIpc) is 3.03. The Morgan fingerprint density at radius 2 is 1.48 bits per heavy atom. The normalized spacial score (nSPS) is 11.8. The van der Waals surface area contributed by atoms with Crippen LogP contribution in [0.15, 0.2) is 114 Å². The number of hydrogen-bond donors (Lipinski definition) is 1. The van der Waals surface area contributed by atoms with E-state index >= 15 is 0 Å². The molecule has 44 heavy (non-hydrogen) atoms. The van der Waals surface area contributed by atoms with Gasteiger partial charge in [-0.2, -0.15) is 0 Å². The van der Waals surface area contributed by atoms with Gasteiger partial charge in [0.25, 0.3) is 10.0 Å². The molecule has 0 saturated carbocycles. The van der Waals surface area contributed by atoms with Crippen LogP contribution in [0.3, 0.4) is 0 Å². The van der Waals surface area contributed by atoms with Gasteiger partial charge in [0.05, 0.1) is 10.6 Å². The van der Waals surface area contributed by atoms with Crippen molar-refractivity contribution in [3.8, 4) is 11.5 Å². The molecule has 230 valence electrons. The van der Waals surface area contributed by atoms with Crippen molar-refractivity contribution in [2.45, 2.75) is 51.1 Å². The average molecular weight is 614 g/mol. The maximum atomic E-state index is 14.1. The first-order valence-electron chi connectivity index (χ1n) is 14.7. The maximum absolute atomic E-state index is 14.1. The van der Waals surface area contributed by atoms with Crippen LogP contribution in [-0.2, 0) is 26.2 Å². The Morgan fingerprint density at radius 3 is 2.11 bits per heavy atom. The molecule has 0 aliphatic heterocycles. The number of rotatable bonds is 14. The van der Waals surface area contributed by atoms with Crippen LogP contribution in [0.25, 0.3) is 0 Å². The lowest BCUT2D eigenvalue weighted by Gasteiger charge is -2.32. The van der Waals surface area contributed by atoms with Gasteiger partial charge in [0.15, 0.2) is 0 Å². The first kappa shape index (κ1) is 32.3. The minimum Gasteiger partial charge on any atom is -0.457 e. The minimum absolute atomic E-state index is 0.0491. The third-order valence-electron chi connectivity index (χ3n) is 7.15. The fourth-order valence-electron chi connectivity index (χ4n) is 4.68. The fourth-order valence-corrected chi connectivity index (χ4v) is 6.11. The van der Waals surface area contributed by atoms with E-state index in [0.29, 0.717) is 18.0 Å². The second-order valence-electron chi connectivity index (χ2n) is 10.6. The Labute approximate surface area is 260 Å². The summed E-state index contributed by atoms with van der Waals surface area (Å²) in [7, 11) is -4.15. The second kappa shape index (κ2) is 15.2. The Hall–Kier alpha value is -4.63. The molecule has 0 saturated heterocycles. The highest BCUT2D eigenvalue weighted by atomic mass is 32.2. The van der Waals surface area contributed by atoms with Crippen LogP contribution >= 0.6 is 0 Å². The van der Waals surface area contributed by atoms with E-state index in [4.69, 9.17) is 4.74 Å². The molecule has 4 aromatic rings. The number of hydrogen-bond acceptors (Lipinski definition) is 5. The van der Waals surface area contributed by atoms with E-state index < -0.39 is 28.5 Å². The zero-order chi connectivity index (χ0) is 31.5. The molecule has 1 unspecified atom stereocenters. The molecule has 0 radical (unpaired) electrons. The highest BCUT2D eigenvalue weighted by Crippen LogP contribution is 2.28. The number of sulfonamides is 1. The van der Waals surface area contributed by atoms with Crippen molar-refractivity contribution in [2.24, 2.45) is 0 Å². The van der Waals surface area contributed by atoms with Gasteiger partial charge in [-0.15, -0.1) is 0 Å². The molecule has 2 amide bonds. The number of benzene rings is 4. The Bertz CT molecular complexity index is 1630. The first-order valence-corrected chi connectivity index (χ1v) is 16.2. The van der Waals surface area contributed by atoms with Gasteiger partial charge in [0.1, 0.15) is 24.1 Å². The molecule has 0 bridgehead atoms. The van der Waals surface area contributed by atoms with Crippen molar-refractivity contribution in [1.29, 1.82) is 0 Å². The van der Waals surface area contributed by atoms with Gasteiger partial charge in [0, 0.05) is 13.1 Å². The van der Waals surface area contributed by atoms with Gasteiger partial charge in [-0.3, -0.25) is 13.9 Å². The first-order chi connectivity index (χ1) is 21.2. The van der Waals surface area contributed by atoms with Gasteiger partial charge in [-0.1, -0.05) is 79.6 Å². The molecule has 0 fully saturated rings. The van der Waals surface area contributed by atoms with Crippen molar-refractivity contribution in [2.75, 3.05) is 17.4 Å². The van der Waals surface area contributed by atoms with E-state index in [1.54, 1.807) is 49.4 Å². The molecule has 8 nitrogen and oxygen atoms in total. The fraction of sp³-hybridized carbons (Fsp3) is 0.257. The number of carbonyl (C=O) groups is 2. The largest absolute Gasteiger partial charge is 0.457 e. The lowest BCUT2D eigenvalue weighted by Crippen LogP contribution is -2.51. The summed E-state index contributed by atoms with van der Waals surface area (Å²) in [4.78, 5) is 28.7. The summed E-state index contributed by atoms with van der Waals surface area (Å²) in [6.07, 6.45) is 1.74. The molecule has 0 aromatic heterocycles. The van der Waals surface area contributed by atoms with Crippen molar-refractivity contribution in [3.05, 3.63) is 120 Å². The summed E-state index contributed by atoms with van der Waals surface area (Å²) in [6, 6.07) is 30.6. The summed E-state index contributed by atoms with van der Waals surface area (Å²) in [6.45, 7) is 5.79. The molecule has 1 N–H and O–H groups in total. The summed E-state index contributed by atoms with van der Waals surface area (Å²) in [5, 5.41) is 2.90. The minimum atomic E-state index is -4.15. The van der Waals surface area contributed by atoms with Gasteiger partial charge >= 0.3 is 0 Å². The lowest BCUT2D eigenvalue weighted by molar-refractivity contribution is -0.139. The molecule has 4 rings (SSSR count). The number of para-hydroxylation sites is 1. The van der Waals surface area contributed by atoms with Gasteiger partial charge in [0.2, 0.25) is 11.8 Å². The Kier molecular flexibility index (Phi) is 11.2. The summed E-state index contributed by atoms with van der Waals surface area (Å²) >= 11 is 0. The zero-order valence-electron chi connectivity index (χ0n) is 25.3. The number of ether oxygens (including phenoxy) is 1. The highest BCUT2D eigenvalue weighted by molar-refractivity contribution is 7.92. The van der Waals surface area contributed by atoms with Gasteiger partial charge in [-0.25, -0.2) is 8.42 Å². The highest BCUT2D eigenvalue weighted by Gasteiger charge is 2.32. The van der Waals surface area contributed by atoms with Crippen molar-refractivity contribution in [1.82, 2.24) is 10.2 Å². The summed E-state index contributed by atoms with van der Waals surface area (Å²) in [5.41, 5.74) is 2.14. The number of carbonyl (C=O) groups excluding carboxylic acids is 2. The third kappa shape index (κ3) is 8.48. The van der Waals surface area contributed by atoms with Crippen LogP contribution in [0.5, 0.6) is 11.5 Å². The van der Waals surface area contributed by atoms with Crippen molar-refractivity contribution < 1.29 is 22.7 Å². The standard InChI is InChI=1S/C35H39N3O5S/c1-4-5-23-36-35(40)28(3)37(25-29-14-12-13-27(2)24-29)34(39)26-38(44(41,42)33-17-10-7-11-18-33)30-19-21-32(22-20-30)43-31-15-8-6-9-16-31/h6-22,24,28H,4-5,23,25-26H2,1-3H3,(H,36,40). The van der Waals surface area contributed by atoms with Crippen LogP contribution in [0, 0.1) is 6.92 Å². The number of unbranched alkanes of at least 4 members (excludes halogenated alkanes) is 1. The smallest absolute Gasteiger partial charge is 0.264 e. The molecule has 1 atom stereocenters. The predicted molar refractivity (Wildman–Crippen MR) is 173 cm³/mol. The number of nitrogens with zero attached hydrogens (tertiary/aromatic N) is 2. The molecule has 0 aliphatic carbocycles. The van der Waals surface area contributed by atoms with E-state index in [0.717, 1.165) is 28.3 Å². The Balaban J connectivity index is 1.67. The number of nitrogens with one attached hydrogen (secondary N) is 1. The van der Waals surface area contributed by atoms with Crippen LogP contribution in [0.4, 0.5) is 5.69 Å². The van der Waals surface area contributed by atoms with Gasteiger partial charge in [-0.05, 0) is 74.4 Å². The SMILES string of the molecule is CCCCNC(=O)C(C)N(Cc1cccc(C)c1)C(=O)CN(c1ccc(Oc2ccccc2)cc1)S(=O)(=O)c1ccccc1. The van der Waals surface area contributed by atoms with Crippen LogP contribution in [0.1, 0.15) is 37.8 Å². The van der Waals surface area contributed by atoms with Crippen molar-refractivity contribution in [3.63, 3.8) is 0 Å². The molecular weight excluding hydrogens is 574 g/mol. The number of anilines is 1. The van der Waals surface area contributed by atoms with E-state index in [1.807, 2.05) is 68.4 Å². The molecule has 0 heterocycles. The second-order valence-corrected chi connectivity index (χ2v) is 12.4. The third-order valence-corrected chi connectivity index (χ3v) is 8.93. The van der Waals surface area contributed by atoms with E-state index in [-0.39, 0.29) is 23.0 Å². The monoisotopic (exact) mass is 613 g/mol. The van der Waals surface area contributed by atoms with Crippen LogP contribution in [-0.4, -0.2) is 44.3 Å². The van der Waals surface area contributed by atoms with Crippen molar-refractivity contribution >= 4 is 27.5 Å². The zero-order valence-corrected chi connectivity index (χ0v) is 26.2. The molecule has 9 heteroatoms. The summed E-state index contributed by atoms with van der Waals surface area (Å²) in [5.74, 6) is 0.358. The van der Waals surface area contributed by atoms with Crippen LogP contribution < -0.4 is 14.4 Å². The number of amides is 2. The molecule has 0 aliphatic rings. The van der Waals surface area contributed by atoms with E-state index in [9.17, 15) is 18.0 Å². The molecule has 4 aromatic carbocycles. The van der Waals surface area contributed by atoms with Gasteiger partial charge < -0.3 is 15.0 Å². The molecule has 0 spiro atoms. The lowest BCUT2D eigenvalue weighted by atomic mass is 10.1. The topological polar surface area (TPSA) is 96.0 Å². The van der Waals surface area contributed by atoms with Crippen LogP contribution in [0.2, 0.25) is 0 Å². The Morgan fingerprint density at radius 1 is 0.841 bits per heavy atom.